The van der Waals surface area contributed by atoms with Crippen LogP contribution in [0.15, 0.2) is 206 Å². The van der Waals surface area contributed by atoms with Gasteiger partial charge in [-0.2, -0.15) is 0 Å². The molecule has 0 saturated carbocycles. The van der Waals surface area contributed by atoms with Gasteiger partial charge in [-0.15, -0.1) is 0 Å². The fourth-order valence-corrected chi connectivity index (χ4v) is 8.75. The van der Waals surface area contributed by atoms with Gasteiger partial charge in [0.2, 0.25) is 0 Å². The van der Waals surface area contributed by atoms with Gasteiger partial charge in [0.25, 0.3) is 0 Å². The van der Waals surface area contributed by atoms with E-state index in [9.17, 15) is 0 Å². The highest BCUT2D eigenvalue weighted by atomic mass is 15.2. The van der Waals surface area contributed by atoms with Gasteiger partial charge >= 0.3 is 0 Å². The molecule has 0 bridgehead atoms. The molecule has 2 atom stereocenters. The van der Waals surface area contributed by atoms with Gasteiger partial charge in [-0.3, -0.25) is 5.32 Å². The molecular weight excluding hydrogens is 681 g/mol. The first kappa shape index (κ1) is 32.3. The number of nitrogens with zero attached hydrogens (tertiary/aromatic N) is 2. The van der Waals surface area contributed by atoms with Crippen molar-refractivity contribution in [2.24, 2.45) is 0 Å². The zero-order valence-corrected chi connectivity index (χ0v) is 30.7. The van der Waals surface area contributed by atoms with Crippen LogP contribution >= 0.6 is 0 Å². The molecule has 2 aromatic heterocycles. The highest BCUT2D eigenvalue weighted by molar-refractivity contribution is 6.12. The topological polar surface area (TPSA) is 33.9 Å². The first-order valence-corrected chi connectivity index (χ1v) is 19.3. The number of hydrogen-bond acceptors (Lipinski definition) is 2. The molecule has 11 rings (SSSR count). The van der Waals surface area contributed by atoms with E-state index in [-0.39, 0.29) is 12.2 Å². The number of nitrogens with one attached hydrogen (secondary N) is 2. The van der Waals surface area contributed by atoms with Crippen LogP contribution in [0.3, 0.4) is 0 Å². The second-order valence-corrected chi connectivity index (χ2v) is 14.7. The van der Waals surface area contributed by atoms with Gasteiger partial charge < -0.3 is 14.5 Å². The monoisotopic (exact) mass is 718 g/mol. The molecule has 4 heteroatoms. The predicted molar refractivity (Wildman–Crippen MR) is 233 cm³/mol. The number of fused-ring (bicyclic) bond motifs is 6. The average molecular weight is 719 g/mol. The van der Waals surface area contributed by atoms with Gasteiger partial charge in [0.15, 0.2) is 0 Å². The van der Waals surface area contributed by atoms with Crippen LogP contribution in [0.4, 0.5) is 0 Å². The number of rotatable bonds is 6. The SMILES string of the molecule is C1=C(c2ccccc2)NC(c2cccc(-n3c4ccccc4c4cc(-c5ccc6c(c5)c5ccccc5n6-c5ccccc5)ccc43)c2)NC1c1ccccc1. The van der Waals surface area contributed by atoms with Crippen molar-refractivity contribution >= 4 is 49.3 Å². The van der Waals surface area contributed by atoms with Gasteiger partial charge in [0, 0.05) is 38.6 Å². The lowest BCUT2D eigenvalue weighted by Crippen LogP contribution is -2.39. The van der Waals surface area contributed by atoms with Crippen LogP contribution in [0.5, 0.6) is 0 Å². The molecule has 1 aliphatic heterocycles. The van der Waals surface area contributed by atoms with Crippen LogP contribution in [0.1, 0.15) is 28.9 Å². The predicted octanol–water partition coefficient (Wildman–Crippen LogP) is 12.5. The van der Waals surface area contributed by atoms with E-state index in [0.717, 1.165) is 11.4 Å². The van der Waals surface area contributed by atoms with Crippen molar-refractivity contribution in [2.45, 2.75) is 12.2 Å². The lowest BCUT2D eigenvalue weighted by atomic mass is 9.98. The summed E-state index contributed by atoms with van der Waals surface area (Å²) >= 11 is 0. The molecule has 56 heavy (non-hydrogen) atoms. The van der Waals surface area contributed by atoms with E-state index in [2.05, 4.69) is 226 Å². The van der Waals surface area contributed by atoms with Crippen molar-refractivity contribution in [3.05, 3.63) is 223 Å². The minimum Gasteiger partial charge on any atom is -0.366 e. The summed E-state index contributed by atoms with van der Waals surface area (Å²) in [5.41, 5.74) is 14.2. The average Bonchev–Trinajstić information content (AvgIpc) is 3.79. The van der Waals surface area contributed by atoms with E-state index in [4.69, 9.17) is 0 Å². The Morgan fingerprint density at radius 3 is 1.50 bits per heavy atom. The van der Waals surface area contributed by atoms with Gasteiger partial charge in [0.1, 0.15) is 6.17 Å². The first-order chi connectivity index (χ1) is 27.8. The van der Waals surface area contributed by atoms with Gasteiger partial charge in [0.05, 0.1) is 28.1 Å². The van der Waals surface area contributed by atoms with E-state index in [1.807, 2.05) is 0 Å². The molecule has 2 unspecified atom stereocenters. The van der Waals surface area contributed by atoms with Crippen LogP contribution < -0.4 is 10.6 Å². The van der Waals surface area contributed by atoms with Crippen molar-refractivity contribution in [2.75, 3.05) is 0 Å². The van der Waals surface area contributed by atoms with Crippen LogP contribution in [0.2, 0.25) is 0 Å². The number of aromatic nitrogens is 2. The van der Waals surface area contributed by atoms with Gasteiger partial charge in [-0.25, -0.2) is 0 Å². The summed E-state index contributed by atoms with van der Waals surface area (Å²) in [5.74, 6) is 0. The molecule has 0 aliphatic carbocycles. The molecule has 1 aliphatic rings. The number of benzene rings is 8. The summed E-state index contributed by atoms with van der Waals surface area (Å²) in [6.07, 6.45) is 2.21. The Hall–Kier alpha value is -7.14. The third kappa shape index (κ3) is 5.42. The van der Waals surface area contributed by atoms with Gasteiger partial charge in [-0.05, 0) is 94.6 Å². The molecule has 3 heterocycles. The van der Waals surface area contributed by atoms with Crippen LogP contribution in [-0.2, 0) is 0 Å². The first-order valence-electron chi connectivity index (χ1n) is 19.3. The Morgan fingerprint density at radius 2 is 0.857 bits per heavy atom. The normalized spacial score (nSPS) is 15.7. The third-order valence-corrected chi connectivity index (χ3v) is 11.4. The van der Waals surface area contributed by atoms with Crippen molar-refractivity contribution in [3.63, 3.8) is 0 Å². The molecule has 4 nitrogen and oxygen atoms in total. The summed E-state index contributed by atoms with van der Waals surface area (Å²) in [6.45, 7) is 0. The molecule has 0 saturated heterocycles. The second-order valence-electron chi connectivity index (χ2n) is 14.7. The fraction of sp³-hybridized carbons (Fsp3) is 0.0385. The van der Waals surface area contributed by atoms with E-state index >= 15 is 0 Å². The maximum absolute atomic E-state index is 3.89. The molecule has 8 aromatic carbocycles. The van der Waals surface area contributed by atoms with E-state index in [1.165, 1.54) is 77.1 Å². The largest absolute Gasteiger partial charge is 0.366 e. The van der Waals surface area contributed by atoms with Crippen molar-refractivity contribution in [1.82, 2.24) is 19.8 Å². The highest BCUT2D eigenvalue weighted by Gasteiger charge is 2.25. The Labute approximate surface area is 325 Å². The summed E-state index contributed by atoms with van der Waals surface area (Å²) in [5, 5.41) is 12.7. The quantitative estimate of drug-likeness (QED) is 0.179. The Balaban J connectivity index is 1.01. The minimum absolute atomic E-state index is 0.0575. The lowest BCUT2D eigenvalue weighted by molar-refractivity contribution is 0.442. The molecule has 0 amide bonds. The summed E-state index contributed by atoms with van der Waals surface area (Å²) < 4.78 is 4.79. The van der Waals surface area contributed by atoms with Crippen molar-refractivity contribution in [3.8, 4) is 22.5 Å². The Kier molecular flexibility index (Phi) is 7.68. The maximum atomic E-state index is 3.89. The number of hydrogen-bond donors (Lipinski definition) is 2. The highest BCUT2D eigenvalue weighted by Crippen LogP contribution is 2.39. The molecule has 266 valence electrons. The summed E-state index contributed by atoms with van der Waals surface area (Å²) in [7, 11) is 0. The smallest absolute Gasteiger partial charge is 0.104 e. The van der Waals surface area contributed by atoms with Gasteiger partial charge in [-0.1, -0.05) is 140 Å². The second kappa shape index (κ2) is 13.3. The summed E-state index contributed by atoms with van der Waals surface area (Å²) in [4.78, 5) is 0. The zero-order valence-electron chi connectivity index (χ0n) is 30.7. The lowest BCUT2D eigenvalue weighted by Gasteiger charge is -2.33. The van der Waals surface area contributed by atoms with Crippen molar-refractivity contribution < 1.29 is 0 Å². The van der Waals surface area contributed by atoms with E-state index < -0.39 is 0 Å². The van der Waals surface area contributed by atoms with Crippen LogP contribution in [0.25, 0.3) is 71.8 Å². The molecular formula is C52H38N4. The summed E-state index contributed by atoms with van der Waals surface area (Å²) in [6, 6.07) is 72.4. The van der Waals surface area contributed by atoms with Crippen LogP contribution in [-0.4, -0.2) is 9.13 Å². The maximum Gasteiger partial charge on any atom is 0.104 e. The Morgan fingerprint density at radius 1 is 0.357 bits per heavy atom. The van der Waals surface area contributed by atoms with Crippen molar-refractivity contribution in [1.29, 1.82) is 0 Å². The zero-order chi connectivity index (χ0) is 37.0. The molecule has 2 N–H and O–H groups in total. The van der Waals surface area contributed by atoms with E-state index in [0.29, 0.717) is 0 Å². The molecule has 0 fully saturated rings. The van der Waals surface area contributed by atoms with Crippen LogP contribution in [0, 0.1) is 0 Å². The standard InChI is InChI=1S/C52H38N4/c1-4-15-35(16-5-1)46-34-47(36-17-6-2-7-18-36)54-52(53-46)39-19-14-22-41(31-39)56-49-26-13-11-24-43(49)45-33-38(28-30-51(45)56)37-27-29-50-44(32-37)42-23-10-12-25-48(42)55(50)40-20-8-3-9-21-40/h1-34,46,52-54H. The number of para-hydroxylation sites is 3. The Bertz CT molecular complexity index is 3080. The third-order valence-electron chi connectivity index (χ3n) is 11.4. The molecule has 0 radical (unpaired) electrons. The molecule has 0 spiro atoms. The molecule has 10 aromatic rings. The minimum atomic E-state index is -0.0946. The fourth-order valence-electron chi connectivity index (χ4n) is 8.75. The van der Waals surface area contributed by atoms with E-state index in [1.54, 1.807) is 0 Å².